The van der Waals surface area contributed by atoms with Crippen molar-refractivity contribution in [3.8, 4) is 0 Å². The average molecular weight is 804 g/mol. The van der Waals surface area contributed by atoms with Gasteiger partial charge in [-0.2, -0.15) is 0 Å². The maximum absolute atomic E-state index is 14.4. The molecule has 0 spiro atoms. The van der Waals surface area contributed by atoms with Gasteiger partial charge < -0.3 is 38.8 Å². The molecular formula is C45H73NO11. The fraction of sp³-hybridized carbons (Fsp3) is 0.822. The van der Waals surface area contributed by atoms with E-state index in [1.807, 2.05) is 26.8 Å². The van der Waals surface area contributed by atoms with Crippen LogP contribution in [0.4, 0.5) is 0 Å². The van der Waals surface area contributed by atoms with Crippen LogP contribution in [-0.2, 0) is 42.9 Å². The highest BCUT2D eigenvalue weighted by Crippen LogP contribution is 2.42. The van der Waals surface area contributed by atoms with Crippen LogP contribution in [0, 0.1) is 35.0 Å². The molecular weight excluding hydrogens is 730 g/mol. The average Bonchev–Trinajstić information content (AvgIpc) is 3.18. The number of fused-ring (bicyclic) bond motifs is 3. The molecule has 57 heavy (non-hydrogen) atoms. The number of allylic oxidation sites excluding steroid dienone is 3. The number of methoxy groups -OCH3 is 3. The summed E-state index contributed by atoms with van der Waals surface area (Å²) in [6, 6.07) is -1.10. The molecule has 324 valence electrons. The van der Waals surface area contributed by atoms with Gasteiger partial charge in [0.25, 0.3) is 11.7 Å². The lowest BCUT2D eigenvalue weighted by Crippen LogP contribution is -2.64. The number of nitrogens with zero attached hydrogens (tertiary/aromatic N) is 1. The number of hydrogen-bond acceptors (Lipinski definition) is 11. The van der Waals surface area contributed by atoms with Gasteiger partial charge in [0.15, 0.2) is 0 Å². The number of amides is 1. The second-order valence-corrected chi connectivity index (χ2v) is 18.5. The Labute approximate surface area is 341 Å². The van der Waals surface area contributed by atoms with Gasteiger partial charge in [0.1, 0.15) is 24.0 Å². The zero-order valence-corrected chi connectivity index (χ0v) is 36.6. The maximum Gasteiger partial charge on any atom is 0.329 e. The van der Waals surface area contributed by atoms with Crippen molar-refractivity contribution in [3.63, 3.8) is 0 Å². The van der Waals surface area contributed by atoms with E-state index in [4.69, 9.17) is 23.7 Å². The topological polar surface area (TPSA) is 158 Å². The monoisotopic (exact) mass is 804 g/mol. The Morgan fingerprint density at radius 3 is 2.26 bits per heavy atom. The number of ketones is 2. The third-order valence-corrected chi connectivity index (χ3v) is 13.6. The van der Waals surface area contributed by atoms with Gasteiger partial charge in [-0.25, -0.2) is 4.79 Å². The summed E-state index contributed by atoms with van der Waals surface area (Å²) in [5, 5.41) is 23.8. The van der Waals surface area contributed by atoms with Crippen LogP contribution in [0.3, 0.4) is 0 Å². The molecule has 1 saturated carbocycles. The molecule has 12 nitrogen and oxygen atoms in total. The van der Waals surface area contributed by atoms with Crippen molar-refractivity contribution in [3.05, 3.63) is 23.3 Å². The molecule has 0 aromatic carbocycles. The molecule has 1 aliphatic carbocycles. The molecule has 0 radical (unpaired) electrons. The number of hydrogen-bond donors (Lipinski definition) is 2. The number of ether oxygens (including phenoxy) is 5. The van der Waals surface area contributed by atoms with E-state index in [-0.39, 0.29) is 54.9 Å². The van der Waals surface area contributed by atoms with Crippen LogP contribution in [0.25, 0.3) is 0 Å². The lowest BCUT2D eigenvalue weighted by atomic mass is 9.70. The van der Waals surface area contributed by atoms with E-state index in [0.717, 1.165) is 30.4 Å². The van der Waals surface area contributed by atoms with E-state index < -0.39 is 77.8 Å². The van der Waals surface area contributed by atoms with Gasteiger partial charge >= 0.3 is 5.97 Å². The maximum atomic E-state index is 14.4. The molecule has 4 rings (SSSR count). The second-order valence-electron chi connectivity index (χ2n) is 18.5. The van der Waals surface area contributed by atoms with Gasteiger partial charge in [-0.15, -0.1) is 0 Å². The molecule has 3 fully saturated rings. The smallest absolute Gasteiger partial charge is 0.329 e. The third kappa shape index (κ3) is 11.0. The molecule has 7 unspecified atom stereocenters. The molecule has 3 heterocycles. The number of carbonyl (C=O) groups excluding carboxylic acids is 4. The minimum absolute atomic E-state index is 0.0149. The number of Topliss-reactive ketones (excluding diaryl/α,β-unsaturated/α-hetero) is 2. The van der Waals surface area contributed by atoms with Crippen LogP contribution in [0.15, 0.2) is 23.3 Å². The first-order valence-electron chi connectivity index (χ1n) is 21.4. The van der Waals surface area contributed by atoms with Crippen LogP contribution < -0.4 is 0 Å². The van der Waals surface area contributed by atoms with Crippen LogP contribution in [0.2, 0.25) is 0 Å². The Bertz CT molecular complexity index is 1470. The third-order valence-electron chi connectivity index (χ3n) is 13.6. The molecule has 12 heteroatoms. The molecule has 0 aromatic rings. The quantitative estimate of drug-likeness (QED) is 0.181. The molecule has 4 aliphatic rings. The van der Waals surface area contributed by atoms with Gasteiger partial charge in [-0.1, -0.05) is 59.3 Å². The standard InChI is InChI=1S/C45H73NO11/c1-12-32-20-26(2)19-27(3)21-36(53-9)40-37(54-10)23-29(5)45(52,57-40)41(49)42(50)46-18-14-13-15-33(46)43(51)56-39(30(6)34(47)25-35(32)48)28(4)22-31-16-17-44(7,8)38(24-31)55-11/h20,22,27,29-34,36-40,47,52H,12-19,21,23-25H2,1-11H3/b26-20+,28-22+/t27-,29+,30+,31-,32+,33-,34?,36?,37?,38?,39?,40?,45?/m0/s1. The van der Waals surface area contributed by atoms with Crippen molar-refractivity contribution in [1.82, 2.24) is 4.90 Å². The van der Waals surface area contributed by atoms with Crippen LogP contribution in [-0.4, -0.2) is 115 Å². The first-order chi connectivity index (χ1) is 26.8. The number of aliphatic hydroxyl groups is 2. The fourth-order valence-electron chi connectivity index (χ4n) is 9.84. The lowest BCUT2D eigenvalue weighted by molar-refractivity contribution is -0.302. The summed E-state index contributed by atoms with van der Waals surface area (Å²) in [5.41, 5.74) is 1.77. The Morgan fingerprint density at radius 2 is 1.63 bits per heavy atom. The summed E-state index contributed by atoms with van der Waals surface area (Å²) < 4.78 is 30.2. The summed E-state index contributed by atoms with van der Waals surface area (Å²) in [6.45, 7) is 15.8. The SMILES string of the molecule is CC[C@@H]1/C=C(\C)C[C@H](C)CC(OC)C2OC(O)(C(=O)C(=O)N3CCCC[C@H]3C(=O)OC(/C(C)=C/[C@@H]3CCC(C)(C)C(OC)C3)[C@H](C)C(O)CC1=O)[C@H](C)CC2OC. The number of rotatable bonds is 6. The van der Waals surface area contributed by atoms with Crippen molar-refractivity contribution in [2.24, 2.45) is 35.0 Å². The highest BCUT2D eigenvalue weighted by Gasteiger charge is 2.56. The predicted molar refractivity (Wildman–Crippen MR) is 216 cm³/mol. The van der Waals surface area contributed by atoms with E-state index in [2.05, 4.69) is 26.8 Å². The Kier molecular flexibility index (Phi) is 16.7. The van der Waals surface area contributed by atoms with E-state index in [1.165, 1.54) is 4.90 Å². The van der Waals surface area contributed by atoms with Gasteiger partial charge in [-0.3, -0.25) is 14.4 Å². The van der Waals surface area contributed by atoms with Crippen LogP contribution >= 0.6 is 0 Å². The second kappa shape index (κ2) is 20.2. The minimum atomic E-state index is -2.49. The van der Waals surface area contributed by atoms with Crippen molar-refractivity contribution < 1.29 is 53.1 Å². The zero-order valence-electron chi connectivity index (χ0n) is 36.6. The van der Waals surface area contributed by atoms with Crippen molar-refractivity contribution in [2.75, 3.05) is 27.9 Å². The lowest BCUT2D eigenvalue weighted by Gasteiger charge is -2.47. The number of piperidine rings is 1. The van der Waals surface area contributed by atoms with E-state index in [9.17, 15) is 29.4 Å². The minimum Gasteiger partial charge on any atom is -0.456 e. The van der Waals surface area contributed by atoms with E-state index in [1.54, 1.807) is 35.2 Å². The van der Waals surface area contributed by atoms with Gasteiger partial charge in [0, 0.05) is 52.0 Å². The number of esters is 1. The Balaban J connectivity index is 1.77. The number of aliphatic hydroxyl groups excluding tert-OH is 1. The Morgan fingerprint density at radius 1 is 0.965 bits per heavy atom. The summed E-state index contributed by atoms with van der Waals surface area (Å²) >= 11 is 0. The molecule has 2 saturated heterocycles. The first kappa shape index (κ1) is 47.2. The Hall–Kier alpha value is -2.48. The summed E-state index contributed by atoms with van der Waals surface area (Å²) in [6.07, 6.45) is 5.96. The molecule has 0 aromatic heterocycles. The summed E-state index contributed by atoms with van der Waals surface area (Å²) in [5.74, 6) is -7.15. The summed E-state index contributed by atoms with van der Waals surface area (Å²) in [7, 11) is 4.81. The van der Waals surface area contributed by atoms with E-state index in [0.29, 0.717) is 32.1 Å². The predicted octanol–water partition coefficient (Wildman–Crippen LogP) is 6.14. The van der Waals surface area contributed by atoms with Gasteiger partial charge in [0.2, 0.25) is 5.79 Å². The highest BCUT2D eigenvalue weighted by atomic mass is 16.7. The number of cyclic esters (lactones) is 1. The molecule has 2 N–H and O–H groups in total. The number of carbonyl (C=O) groups is 4. The fourth-order valence-corrected chi connectivity index (χ4v) is 9.84. The normalized spacial score (nSPS) is 40.7. The van der Waals surface area contributed by atoms with Crippen molar-refractivity contribution in [2.45, 2.75) is 174 Å². The molecule has 2 bridgehead atoms. The molecule has 3 aliphatic heterocycles. The van der Waals surface area contributed by atoms with Crippen molar-refractivity contribution >= 4 is 23.4 Å². The molecule has 13 atom stereocenters. The van der Waals surface area contributed by atoms with Crippen LogP contribution in [0.1, 0.15) is 126 Å². The summed E-state index contributed by atoms with van der Waals surface area (Å²) in [4.78, 5) is 57.9. The molecule has 1 amide bonds. The highest BCUT2D eigenvalue weighted by molar-refractivity contribution is 6.39. The van der Waals surface area contributed by atoms with Crippen LogP contribution in [0.5, 0.6) is 0 Å². The van der Waals surface area contributed by atoms with Gasteiger partial charge in [-0.05, 0) is 101 Å². The van der Waals surface area contributed by atoms with Crippen molar-refractivity contribution in [1.29, 1.82) is 0 Å². The largest absolute Gasteiger partial charge is 0.456 e. The van der Waals surface area contributed by atoms with E-state index >= 15 is 0 Å². The van der Waals surface area contributed by atoms with Gasteiger partial charge in [0.05, 0.1) is 24.4 Å². The first-order valence-corrected chi connectivity index (χ1v) is 21.4. The zero-order chi connectivity index (χ0) is 42.4.